The van der Waals surface area contributed by atoms with Gasteiger partial charge in [-0.15, -0.1) is 0 Å². The van der Waals surface area contributed by atoms with Crippen molar-refractivity contribution in [1.29, 1.82) is 0 Å². The first-order valence-corrected chi connectivity index (χ1v) is 8.30. The van der Waals surface area contributed by atoms with E-state index in [1.54, 1.807) is 18.4 Å². The summed E-state index contributed by atoms with van der Waals surface area (Å²) < 4.78 is 11.4. The third kappa shape index (κ3) is 4.76. The number of hydrogen-bond acceptors (Lipinski definition) is 4. The summed E-state index contributed by atoms with van der Waals surface area (Å²) in [7, 11) is 1.68. The fourth-order valence-corrected chi connectivity index (χ4v) is 2.83. The van der Waals surface area contributed by atoms with E-state index >= 15 is 0 Å². The van der Waals surface area contributed by atoms with Gasteiger partial charge in [0.05, 0.1) is 13.7 Å². The van der Waals surface area contributed by atoms with Crippen molar-refractivity contribution < 1.29 is 9.47 Å². The minimum Gasteiger partial charge on any atom is -0.493 e. The predicted octanol–water partition coefficient (Wildman–Crippen LogP) is 3.88. The molecule has 0 fully saturated rings. The molecule has 0 atom stereocenters. The van der Waals surface area contributed by atoms with E-state index in [0.29, 0.717) is 6.61 Å². The van der Waals surface area contributed by atoms with Gasteiger partial charge < -0.3 is 14.8 Å². The van der Waals surface area contributed by atoms with Crippen molar-refractivity contribution in [3.05, 3.63) is 46.2 Å². The molecular weight excluding hydrogens is 282 g/mol. The molecule has 0 spiro atoms. The highest BCUT2D eigenvalue weighted by Gasteiger charge is 2.10. The molecule has 0 aliphatic carbocycles. The summed E-state index contributed by atoms with van der Waals surface area (Å²) in [6.45, 7) is 4.64. The van der Waals surface area contributed by atoms with Crippen LogP contribution in [0.25, 0.3) is 0 Å². The lowest BCUT2D eigenvalue weighted by Gasteiger charge is -2.15. The number of para-hydroxylation sites is 1. The highest BCUT2D eigenvalue weighted by atomic mass is 32.1. The van der Waals surface area contributed by atoms with Crippen LogP contribution in [0.3, 0.4) is 0 Å². The predicted molar refractivity (Wildman–Crippen MR) is 88.5 cm³/mol. The van der Waals surface area contributed by atoms with Crippen LogP contribution in [-0.2, 0) is 13.0 Å². The van der Waals surface area contributed by atoms with Crippen LogP contribution in [0.4, 0.5) is 0 Å². The molecule has 1 heterocycles. The number of rotatable bonds is 9. The molecule has 0 radical (unpaired) electrons. The number of ether oxygens (including phenoxy) is 2. The van der Waals surface area contributed by atoms with Gasteiger partial charge in [0.2, 0.25) is 0 Å². The minimum atomic E-state index is 0.665. The Balaban J connectivity index is 2.00. The zero-order valence-corrected chi connectivity index (χ0v) is 13.5. The van der Waals surface area contributed by atoms with Crippen LogP contribution in [0.1, 0.15) is 24.5 Å². The maximum atomic E-state index is 6.00. The van der Waals surface area contributed by atoms with E-state index in [9.17, 15) is 0 Å². The van der Waals surface area contributed by atoms with Crippen LogP contribution in [-0.4, -0.2) is 20.3 Å². The van der Waals surface area contributed by atoms with Gasteiger partial charge in [0, 0.05) is 18.5 Å². The molecule has 0 amide bonds. The molecule has 0 aliphatic rings. The molecule has 3 nitrogen and oxygen atoms in total. The summed E-state index contributed by atoms with van der Waals surface area (Å²) in [5.74, 6) is 1.66. The zero-order chi connectivity index (χ0) is 14.9. The summed E-state index contributed by atoms with van der Waals surface area (Å²) in [6, 6.07) is 8.18. The first-order valence-electron chi connectivity index (χ1n) is 7.35. The Morgan fingerprint density at radius 1 is 1.24 bits per heavy atom. The smallest absolute Gasteiger partial charge is 0.165 e. The molecule has 0 bridgehead atoms. The minimum absolute atomic E-state index is 0.665. The number of methoxy groups -OCH3 is 1. The van der Waals surface area contributed by atoms with Gasteiger partial charge in [-0.25, -0.2) is 0 Å². The van der Waals surface area contributed by atoms with Crippen molar-refractivity contribution in [3.8, 4) is 11.5 Å². The maximum Gasteiger partial charge on any atom is 0.165 e. The molecule has 0 saturated heterocycles. The van der Waals surface area contributed by atoms with Crippen molar-refractivity contribution >= 4 is 11.3 Å². The molecular formula is C17H23NO2S. The van der Waals surface area contributed by atoms with Crippen molar-refractivity contribution in [1.82, 2.24) is 5.32 Å². The molecule has 2 aromatic rings. The number of hydrogen-bond donors (Lipinski definition) is 1. The largest absolute Gasteiger partial charge is 0.493 e. The molecule has 1 aromatic carbocycles. The molecule has 21 heavy (non-hydrogen) atoms. The monoisotopic (exact) mass is 305 g/mol. The van der Waals surface area contributed by atoms with Gasteiger partial charge in [0.15, 0.2) is 11.5 Å². The molecule has 4 heteroatoms. The third-order valence-electron chi connectivity index (χ3n) is 3.24. The van der Waals surface area contributed by atoms with Crippen LogP contribution < -0.4 is 14.8 Å². The highest BCUT2D eigenvalue weighted by molar-refractivity contribution is 7.07. The van der Waals surface area contributed by atoms with Crippen LogP contribution in [0, 0.1) is 0 Å². The molecule has 0 aliphatic heterocycles. The van der Waals surface area contributed by atoms with Gasteiger partial charge in [-0.1, -0.05) is 19.1 Å². The normalized spacial score (nSPS) is 10.6. The Morgan fingerprint density at radius 2 is 2.14 bits per heavy atom. The standard InChI is InChI=1S/C17H23NO2S/c1-3-9-18-12-15-5-4-6-16(19-2)17(15)20-10-7-14-8-11-21-13-14/h4-6,8,11,13,18H,3,7,9-10,12H2,1-2H3. The second kappa shape index (κ2) is 8.70. The maximum absolute atomic E-state index is 6.00. The summed E-state index contributed by atoms with van der Waals surface area (Å²) in [4.78, 5) is 0. The van der Waals surface area contributed by atoms with Crippen molar-refractivity contribution in [2.24, 2.45) is 0 Å². The van der Waals surface area contributed by atoms with Gasteiger partial charge in [0.25, 0.3) is 0 Å². The SMILES string of the molecule is CCCNCc1cccc(OC)c1OCCc1ccsc1. The summed E-state index contributed by atoms with van der Waals surface area (Å²) in [5.41, 5.74) is 2.47. The topological polar surface area (TPSA) is 30.5 Å². The number of benzene rings is 1. The van der Waals surface area contributed by atoms with Crippen molar-refractivity contribution in [2.75, 3.05) is 20.3 Å². The lowest BCUT2D eigenvalue weighted by molar-refractivity contribution is 0.294. The van der Waals surface area contributed by atoms with Crippen molar-refractivity contribution in [2.45, 2.75) is 26.3 Å². The van der Waals surface area contributed by atoms with E-state index in [4.69, 9.17) is 9.47 Å². The van der Waals surface area contributed by atoms with Crippen LogP contribution in [0.5, 0.6) is 11.5 Å². The first-order chi connectivity index (χ1) is 10.3. The average Bonchev–Trinajstić information content (AvgIpc) is 3.02. The molecule has 114 valence electrons. The molecule has 0 unspecified atom stereocenters. The van der Waals surface area contributed by atoms with E-state index in [0.717, 1.165) is 43.0 Å². The van der Waals surface area contributed by atoms with Gasteiger partial charge in [-0.3, -0.25) is 0 Å². The summed E-state index contributed by atoms with van der Waals surface area (Å²) >= 11 is 1.72. The Morgan fingerprint density at radius 3 is 2.86 bits per heavy atom. The summed E-state index contributed by atoms with van der Waals surface area (Å²) in [6.07, 6.45) is 2.04. The molecule has 1 aromatic heterocycles. The van der Waals surface area contributed by atoms with Crippen LogP contribution in [0.15, 0.2) is 35.0 Å². The van der Waals surface area contributed by atoms with Gasteiger partial charge in [0.1, 0.15) is 0 Å². The van der Waals surface area contributed by atoms with Gasteiger partial charge in [-0.2, -0.15) is 11.3 Å². The lowest BCUT2D eigenvalue weighted by atomic mass is 10.1. The van der Waals surface area contributed by atoms with Gasteiger partial charge in [-0.05, 0) is 41.4 Å². The second-order valence-electron chi connectivity index (χ2n) is 4.86. The zero-order valence-electron chi connectivity index (χ0n) is 12.7. The molecule has 0 saturated carbocycles. The van der Waals surface area contributed by atoms with E-state index in [2.05, 4.69) is 35.1 Å². The average molecular weight is 305 g/mol. The second-order valence-corrected chi connectivity index (χ2v) is 5.64. The van der Waals surface area contributed by atoms with E-state index in [-0.39, 0.29) is 0 Å². The van der Waals surface area contributed by atoms with Crippen molar-refractivity contribution in [3.63, 3.8) is 0 Å². The van der Waals surface area contributed by atoms with E-state index < -0.39 is 0 Å². The Bertz CT molecular complexity index is 526. The number of nitrogens with one attached hydrogen (secondary N) is 1. The number of thiophene rings is 1. The van der Waals surface area contributed by atoms with Crippen LogP contribution >= 0.6 is 11.3 Å². The van der Waals surface area contributed by atoms with E-state index in [1.165, 1.54) is 5.56 Å². The lowest BCUT2D eigenvalue weighted by Crippen LogP contribution is -2.15. The molecule has 1 N–H and O–H groups in total. The Hall–Kier alpha value is -1.52. The van der Waals surface area contributed by atoms with Gasteiger partial charge >= 0.3 is 0 Å². The van der Waals surface area contributed by atoms with Crippen LogP contribution in [0.2, 0.25) is 0 Å². The Kier molecular flexibility index (Phi) is 6.57. The summed E-state index contributed by atoms with van der Waals surface area (Å²) in [5, 5.41) is 7.67. The quantitative estimate of drug-likeness (QED) is 0.713. The third-order valence-corrected chi connectivity index (χ3v) is 3.97. The Labute approximate surface area is 130 Å². The first kappa shape index (κ1) is 15.9. The van der Waals surface area contributed by atoms with E-state index in [1.807, 2.05) is 12.1 Å². The molecule has 2 rings (SSSR count). The fourth-order valence-electron chi connectivity index (χ4n) is 2.13. The highest BCUT2D eigenvalue weighted by Crippen LogP contribution is 2.31. The fraction of sp³-hybridized carbons (Fsp3) is 0.412.